The zero-order chi connectivity index (χ0) is 12.6. The summed E-state index contributed by atoms with van der Waals surface area (Å²) in [7, 11) is 0. The van der Waals surface area contributed by atoms with Gasteiger partial charge in [-0.05, 0) is 30.9 Å². The highest BCUT2D eigenvalue weighted by Gasteiger charge is 1.95. The number of rotatable bonds is 6. The third-order valence-electron chi connectivity index (χ3n) is 2.95. The highest BCUT2D eigenvalue weighted by molar-refractivity contribution is 5.21. The van der Waals surface area contributed by atoms with E-state index in [0.717, 1.165) is 26.1 Å². The van der Waals surface area contributed by atoms with Gasteiger partial charge in [0.1, 0.15) is 0 Å². The van der Waals surface area contributed by atoms with E-state index in [1.165, 1.54) is 16.7 Å². The van der Waals surface area contributed by atoms with Crippen LogP contribution in [0, 0.1) is 6.92 Å². The number of ether oxygens (including phenoxy) is 1. The largest absolute Gasteiger partial charge is 0.377 e. The Bertz CT molecular complexity index is 462. The Morgan fingerprint density at radius 3 is 2.44 bits per heavy atom. The predicted molar refractivity (Wildman–Crippen MR) is 75.6 cm³/mol. The fourth-order valence-electron chi connectivity index (χ4n) is 2.01. The van der Waals surface area contributed by atoms with Gasteiger partial charge in [0.15, 0.2) is 0 Å². The van der Waals surface area contributed by atoms with Crippen molar-refractivity contribution in [3.8, 4) is 0 Å². The first-order valence-corrected chi connectivity index (χ1v) is 6.52. The van der Waals surface area contributed by atoms with Crippen LogP contribution in [0.4, 0.5) is 0 Å². The van der Waals surface area contributed by atoms with Gasteiger partial charge in [0.25, 0.3) is 0 Å². The maximum Gasteiger partial charge on any atom is 0.0716 e. The van der Waals surface area contributed by atoms with Crippen molar-refractivity contribution >= 4 is 0 Å². The van der Waals surface area contributed by atoms with E-state index < -0.39 is 0 Å². The van der Waals surface area contributed by atoms with Gasteiger partial charge in [-0.3, -0.25) is 0 Å². The minimum absolute atomic E-state index is 0.719. The Hall–Kier alpha value is -1.60. The Morgan fingerprint density at radius 2 is 1.67 bits per heavy atom. The third-order valence-corrected chi connectivity index (χ3v) is 2.95. The summed E-state index contributed by atoms with van der Waals surface area (Å²) in [5.41, 5.74) is 3.94. The van der Waals surface area contributed by atoms with Crippen molar-refractivity contribution in [3.63, 3.8) is 0 Å². The summed E-state index contributed by atoms with van der Waals surface area (Å²) < 4.78 is 5.70. The quantitative estimate of drug-likeness (QED) is 0.689. The maximum atomic E-state index is 5.70. The van der Waals surface area contributed by atoms with Gasteiger partial charge >= 0.3 is 0 Å². The van der Waals surface area contributed by atoms with Crippen molar-refractivity contribution < 1.29 is 4.74 Å². The standard InChI is InChI=1S/C17H20O/c1-15-7-5-10-17(13-15)14-18-12-6-11-16-8-3-2-4-9-16/h2-5,7-10,13H,6,11-12,14H2,1H3. The van der Waals surface area contributed by atoms with Crippen molar-refractivity contribution in [2.45, 2.75) is 26.4 Å². The molecule has 0 bridgehead atoms. The molecule has 0 heterocycles. The van der Waals surface area contributed by atoms with Gasteiger partial charge in [-0.15, -0.1) is 0 Å². The van der Waals surface area contributed by atoms with E-state index in [1.54, 1.807) is 0 Å². The number of aryl methyl sites for hydroxylation is 2. The average Bonchev–Trinajstić information content (AvgIpc) is 2.40. The summed E-state index contributed by atoms with van der Waals surface area (Å²) in [6.07, 6.45) is 2.17. The van der Waals surface area contributed by atoms with Crippen LogP contribution in [0.25, 0.3) is 0 Å². The smallest absolute Gasteiger partial charge is 0.0716 e. The van der Waals surface area contributed by atoms with E-state index in [2.05, 4.69) is 61.5 Å². The van der Waals surface area contributed by atoms with Crippen molar-refractivity contribution in [3.05, 3.63) is 71.3 Å². The van der Waals surface area contributed by atoms with Crippen LogP contribution in [-0.4, -0.2) is 6.61 Å². The van der Waals surface area contributed by atoms with E-state index in [0.29, 0.717) is 0 Å². The van der Waals surface area contributed by atoms with E-state index in [-0.39, 0.29) is 0 Å². The zero-order valence-corrected chi connectivity index (χ0v) is 10.9. The van der Waals surface area contributed by atoms with Gasteiger partial charge in [0.2, 0.25) is 0 Å². The number of hydrogen-bond donors (Lipinski definition) is 0. The van der Waals surface area contributed by atoms with E-state index in [9.17, 15) is 0 Å². The molecular weight excluding hydrogens is 220 g/mol. The average molecular weight is 240 g/mol. The number of hydrogen-bond acceptors (Lipinski definition) is 1. The highest BCUT2D eigenvalue weighted by Crippen LogP contribution is 2.06. The van der Waals surface area contributed by atoms with E-state index >= 15 is 0 Å². The second-order valence-corrected chi connectivity index (χ2v) is 4.63. The SMILES string of the molecule is Cc1cccc(COCCCc2ccccc2)c1. The summed E-state index contributed by atoms with van der Waals surface area (Å²) in [5, 5.41) is 0. The molecule has 18 heavy (non-hydrogen) atoms. The third kappa shape index (κ3) is 4.34. The molecule has 0 aliphatic carbocycles. The first-order chi connectivity index (χ1) is 8.84. The zero-order valence-electron chi connectivity index (χ0n) is 10.9. The van der Waals surface area contributed by atoms with E-state index in [1.807, 2.05) is 0 Å². The Morgan fingerprint density at radius 1 is 0.889 bits per heavy atom. The van der Waals surface area contributed by atoms with Gasteiger partial charge in [0, 0.05) is 6.61 Å². The van der Waals surface area contributed by atoms with Gasteiger partial charge in [-0.1, -0.05) is 60.2 Å². The van der Waals surface area contributed by atoms with E-state index in [4.69, 9.17) is 4.74 Å². The molecule has 0 fully saturated rings. The Kier molecular flexibility index (Phi) is 4.98. The van der Waals surface area contributed by atoms with Crippen molar-refractivity contribution in [2.24, 2.45) is 0 Å². The predicted octanol–water partition coefficient (Wildman–Crippen LogP) is 4.14. The molecular formula is C17H20O. The summed E-state index contributed by atoms with van der Waals surface area (Å²) in [6, 6.07) is 19.0. The van der Waals surface area contributed by atoms with Crippen LogP contribution >= 0.6 is 0 Å². The molecule has 0 aliphatic heterocycles. The van der Waals surface area contributed by atoms with Crippen molar-refractivity contribution in [1.82, 2.24) is 0 Å². The molecule has 0 radical (unpaired) electrons. The van der Waals surface area contributed by atoms with Crippen LogP contribution in [0.2, 0.25) is 0 Å². The number of benzene rings is 2. The molecule has 2 rings (SSSR count). The van der Waals surface area contributed by atoms with Crippen LogP contribution in [-0.2, 0) is 17.8 Å². The minimum Gasteiger partial charge on any atom is -0.377 e. The molecule has 2 aromatic rings. The lowest BCUT2D eigenvalue weighted by atomic mass is 10.1. The lowest BCUT2D eigenvalue weighted by Crippen LogP contribution is -1.97. The van der Waals surface area contributed by atoms with Crippen LogP contribution in [0.5, 0.6) is 0 Å². The summed E-state index contributed by atoms with van der Waals surface area (Å²) >= 11 is 0. The van der Waals surface area contributed by atoms with Crippen LogP contribution < -0.4 is 0 Å². The molecule has 0 spiro atoms. The van der Waals surface area contributed by atoms with Crippen LogP contribution in [0.15, 0.2) is 54.6 Å². The van der Waals surface area contributed by atoms with Gasteiger partial charge in [-0.2, -0.15) is 0 Å². The summed E-state index contributed by atoms with van der Waals surface area (Å²) in [5.74, 6) is 0. The normalized spacial score (nSPS) is 10.5. The van der Waals surface area contributed by atoms with Crippen molar-refractivity contribution in [1.29, 1.82) is 0 Å². The molecule has 1 nitrogen and oxygen atoms in total. The lowest BCUT2D eigenvalue weighted by molar-refractivity contribution is 0.118. The first-order valence-electron chi connectivity index (χ1n) is 6.52. The fraction of sp³-hybridized carbons (Fsp3) is 0.294. The maximum absolute atomic E-state index is 5.70. The minimum atomic E-state index is 0.719. The molecule has 94 valence electrons. The highest BCUT2D eigenvalue weighted by atomic mass is 16.5. The topological polar surface area (TPSA) is 9.23 Å². The van der Waals surface area contributed by atoms with Crippen molar-refractivity contribution in [2.75, 3.05) is 6.61 Å². The molecule has 0 amide bonds. The fourth-order valence-corrected chi connectivity index (χ4v) is 2.01. The second kappa shape index (κ2) is 6.97. The molecule has 0 atom stereocenters. The molecule has 0 aromatic heterocycles. The molecule has 0 unspecified atom stereocenters. The molecule has 0 saturated carbocycles. The summed E-state index contributed by atoms with van der Waals surface area (Å²) in [4.78, 5) is 0. The molecule has 2 aromatic carbocycles. The van der Waals surface area contributed by atoms with Gasteiger partial charge in [0.05, 0.1) is 6.61 Å². The lowest BCUT2D eigenvalue weighted by Gasteiger charge is -2.05. The molecule has 0 saturated heterocycles. The molecule has 0 aliphatic rings. The first kappa shape index (κ1) is 12.8. The Labute approximate surface area is 109 Å². The second-order valence-electron chi connectivity index (χ2n) is 4.63. The monoisotopic (exact) mass is 240 g/mol. The van der Waals surface area contributed by atoms with Crippen LogP contribution in [0.1, 0.15) is 23.1 Å². The van der Waals surface area contributed by atoms with Gasteiger partial charge in [-0.25, -0.2) is 0 Å². The molecule has 0 N–H and O–H groups in total. The summed E-state index contributed by atoms with van der Waals surface area (Å²) in [6.45, 7) is 3.65. The van der Waals surface area contributed by atoms with Crippen LogP contribution in [0.3, 0.4) is 0 Å². The Balaban J connectivity index is 1.65. The van der Waals surface area contributed by atoms with Gasteiger partial charge < -0.3 is 4.74 Å². The molecule has 1 heteroatoms.